The van der Waals surface area contributed by atoms with Crippen LogP contribution >= 0.6 is 0 Å². The summed E-state index contributed by atoms with van der Waals surface area (Å²) >= 11 is 0. The minimum absolute atomic E-state index is 0.00143. The Kier molecular flexibility index (Phi) is 3.84. The molecule has 0 aliphatic heterocycles. The van der Waals surface area contributed by atoms with Crippen molar-refractivity contribution in [1.82, 2.24) is 4.98 Å². The second-order valence-corrected chi connectivity index (χ2v) is 3.53. The summed E-state index contributed by atoms with van der Waals surface area (Å²) in [5.41, 5.74) is 0.195. The molecule has 0 saturated heterocycles. The first kappa shape index (κ1) is 12.0. The Balaban J connectivity index is 2.92. The SMILES string of the molecule is CC(CC#N)N(C)c1cc(C(=O)O)ccn1. The Morgan fingerprint density at radius 1 is 1.75 bits per heavy atom. The van der Waals surface area contributed by atoms with E-state index in [1.807, 2.05) is 6.92 Å². The van der Waals surface area contributed by atoms with Gasteiger partial charge in [-0.1, -0.05) is 0 Å². The van der Waals surface area contributed by atoms with Gasteiger partial charge in [-0.3, -0.25) is 0 Å². The van der Waals surface area contributed by atoms with Gasteiger partial charge in [0.25, 0.3) is 0 Å². The van der Waals surface area contributed by atoms with Crippen molar-refractivity contribution < 1.29 is 9.90 Å². The summed E-state index contributed by atoms with van der Waals surface area (Å²) < 4.78 is 0. The molecule has 1 unspecified atom stereocenters. The molecule has 0 amide bonds. The van der Waals surface area contributed by atoms with Crippen molar-refractivity contribution in [3.8, 4) is 6.07 Å². The molecule has 1 aromatic rings. The van der Waals surface area contributed by atoms with E-state index in [1.165, 1.54) is 18.3 Å². The molecule has 0 fully saturated rings. The van der Waals surface area contributed by atoms with Gasteiger partial charge in [0.1, 0.15) is 5.82 Å². The van der Waals surface area contributed by atoms with E-state index in [-0.39, 0.29) is 11.6 Å². The van der Waals surface area contributed by atoms with Crippen molar-refractivity contribution in [3.05, 3.63) is 23.9 Å². The van der Waals surface area contributed by atoms with Gasteiger partial charge in [-0.05, 0) is 19.1 Å². The maximum atomic E-state index is 10.8. The fourth-order valence-electron chi connectivity index (χ4n) is 1.24. The predicted octanol–water partition coefficient (Wildman–Crippen LogP) is 1.52. The van der Waals surface area contributed by atoms with Crippen LogP contribution in [0.25, 0.3) is 0 Å². The number of aromatic carboxylic acids is 1. The summed E-state index contributed by atoms with van der Waals surface area (Å²) in [5, 5.41) is 17.4. The van der Waals surface area contributed by atoms with Crippen molar-refractivity contribution in [2.75, 3.05) is 11.9 Å². The molecule has 16 heavy (non-hydrogen) atoms. The highest BCUT2D eigenvalue weighted by Crippen LogP contribution is 2.15. The molecule has 1 N–H and O–H groups in total. The molecule has 84 valence electrons. The van der Waals surface area contributed by atoms with Gasteiger partial charge in [0.2, 0.25) is 0 Å². The average molecular weight is 219 g/mol. The molecule has 0 aromatic carbocycles. The molecule has 5 heteroatoms. The van der Waals surface area contributed by atoms with Crippen LogP contribution in [0.4, 0.5) is 5.82 Å². The summed E-state index contributed by atoms with van der Waals surface area (Å²) in [6, 6.07) is 5.01. The Hall–Kier alpha value is -2.09. The van der Waals surface area contributed by atoms with E-state index in [0.717, 1.165) is 0 Å². The zero-order chi connectivity index (χ0) is 12.1. The number of carboxylic acid groups (broad SMARTS) is 1. The van der Waals surface area contributed by atoms with E-state index < -0.39 is 5.97 Å². The number of carbonyl (C=O) groups is 1. The molecule has 0 aliphatic carbocycles. The Morgan fingerprint density at radius 2 is 2.44 bits per heavy atom. The number of hydrogen-bond donors (Lipinski definition) is 1. The standard InChI is InChI=1S/C11H13N3O2/c1-8(3-5-12)14(2)10-7-9(11(15)16)4-6-13-10/h4,6-8H,3H2,1-2H3,(H,15,16). The van der Waals surface area contributed by atoms with Crippen LogP contribution in [0.3, 0.4) is 0 Å². The summed E-state index contributed by atoms with van der Waals surface area (Å²) in [5.74, 6) is -0.423. The third-order valence-electron chi connectivity index (χ3n) is 2.40. The van der Waals surface area contributed by atoms with Crippen LogP contribution in [0.2, 0.25) is 0 Å². The first-order valence-corrected chi connectivity index (χ1v) is 4.85. The predicted molar refractivity (Wildman–Crippen MR) is 59.3 cm³/mol. The number of carboxylic acids is 1. The van der Waals surface area contributed by atoms with E-state index in [4.69, 9.17) is 10.4 Å². The summed E-state index contributed by atoms with van der Waals surface area (Å²) in [6.07, 6.45) is 1.82. The van der Waals surface area contributed by atoms with Crippen LogP contribution in [0.1, 0.15) is 23.7 Å². The zero-order valence-corrected chi connectivity index (χ0v) is 9.21. The van der Waals surface area contributed by atoms with Crippen molar-refractivity contribution in [3.63, 3.8) is 0 Å². The van der Waals surface area contributed by atoms with Gasteiger partial charge < -0.3 is 10.0 Å². The molecule has 1 atom stereocenters. The molecule has 0 aliphatic rings. The van der Waals surface area contributed by atoms with Crippen LogP contribution in [-0.2, 0) is 0 Å². The van der Waals surface area contributed by atoms with Crippen molar-refractivity contribution in [2.45, 2.75) is 19.4 Å². The summed E-state index contributed by atoms with van der Waals surface area (Å²) in [7, 11) is 1.79. The fraction of sp³-hybridized carbons (Fsp3) is 0.364. The minimum Gasteiger partial charge on any atom is -0.478 e. The highest BCUT2D eigenvalue weighted by Gasteiger charge is 2.12. The van der Waals surface area contributed by atoms with E-state index in [9.17, 15) is 4.79 Å². The average Bonchev–Trinajstić information content (AvgIpc) is 2.28. The highest BCUT2D eigenvalue weighted by atomic mass is 16.4. The van der Waals surface area contributed by atoms with Gasteiger partial charge in [-0.2, -0.15) is 5.26 Å². The van der Waals surface area contributed by atoms with Crippen LogP contribution in [0.15, 0.2) is 18.3 Å². The third-order valence-corrected chi connectivity index (χ3v) is 2.40. The Morgan fingerprint density at radius 3 is 3.00 bits per heavy atom. The lowest BCUT2D eigenvalue weighted by molar-refractivity contribution is 0.0697. The van der Waals surface area contributed by atoms with Crippen LogP contribution in [-0.4, -0.2) is 29.1 Å². The van der Waals surface area contributed by atoms with E-state index in [0.29, 0.717) is 12.2 Å². The molecule has 1 heterocycles. The number of aromatic nitrogens is 1. The van der Waals surface area contributed by atoms with E-state index in [2.05, 4.69) is 11.1 Å². The minimum atomic E-state index is -0.981. The van der Waals surface area contributed by atoms with Crippen molar-refractivity contribution in [1.29, 1.82) is 5.26 Å². The zero-order valence-electron chi connectivity index (χ0n) is 9.21. The van der Waals surface area contributed by atoms with Crippen molar-refractivity contribution in [2.24, 2.45) is 0 Å². The van der Waals surface area contributed by atoms with Crippen LogP contribution in [0.5, 0.6) is 0 Å². The third kappa shape index (κ3) is 2.70. The maximum absolute atomic E-state index is 10.8. The number of nitrogens with zero attached hydrogens (tertiary/aromatic N) is 3. The fourth-order valence-corrected chi connectivity index (χ4v) is 1.24. The molecule has 0 saturated carbocycles. The Labute approximate surface area is 93.9 Å². The number of anilines is 1. The molecular formula is C11H13N3O2. The lowest BCUT2D eigenvalue weighted by Crippen LogP contribution is -2.29. The second kappa shape index (κ2) is 5.12. The van der Waals surface area contributed by atoms with Gasteiger partial charge in [0, 0.05) is 19.3 Å². The Bertz CT molecular complexity index is 425. The normalized spacial score (nSPS) is 11.6. The molecule has 0 spiro atoms. The van der Waals surface area contributed by atoms with Gasteiger partial charge in [-0.15, -0.1) is 0 Å². The molecular weight excluding hydrogens is 206 g/mol. The highest BCUT2D eigenvalue weighted by molar-refractivity contribution is 5.88. The van der Waals surface area contributed by atoms with Gasteiger partial charge in [-0.25, -0.2) is 9.78 Å². The molecule has 0 radical (unpaired) electrons. The topological polar surface area (TPSA) is 77.2 Å². The van der Waals surface area contributed by atoms with Crippen molar-refractivity contribution >= 4 is 11.8 Å². The van der Waals surface area contributed by atoms with Crippen LogP contribution < -0.4 is 4.90 Å². The van der Waals surface area contributed by atoms with Crippen LogP contribution in [0, 0.1) is 11.3 Å². The lowest BCUT2D eigenvalue weighted by atomic mass is 10.2. The molecule has 5 nitrogen and oxygen atoms in total. The summed E-state index contributed by atoms with van der Waals surface area (Å²) in [4.78, 5) is 16.6. The van der Waals surface area contributed by atoms with E-state index in [1.54, 1.807) is 11.9 Å². The quantitative estimate of drug-likeness (QED) is 0.830. The maximum Gasteiger partial charge on any atom is 0.335 e. The second-order valence-electron chi connectivity index (χ2n) is 3.53. The number of rotatable bonds is 4. The van der Waals surface area contributed by atoms with Gasteiger partial charge >= 0.3 is 5.97 Å². The smallest absolute Gasteiger partial charge is 0.335 e. The largest absolute Gasteiger partial charge is 0.478 e. The van der Waals surface area contributed by atoms with Gasteiger partial charge in [0.15, 0.2) is 0 Å². The molecule has 1 rings (SSSR count). The first-order valence-electron chi connectivity index (χ1n) is 4.85. The molecule has 1 aromatic heterocycles. The van der Waals surface area contributed by atoms with E-state index >= 15 is 0 Å². The lowest BCUT2D eigenvalue weighted by Gasteiger charge is -2.23. The van der Waals surface area contributed by atoms with Gasteiger partial charge in [0.05, 0.1) is 18.1 Å². The first-order chi connectivity index (χ1) is 7.56. The number of hydrogen-bond acceptors (Lipinski definition) is 4. The monoisotopic (exact) mass is 219 g/mol. The summed E-state index contributed by atoms with van der Waals surface area (Å²) in [6.45, 7) is 1.89. The molecule has 0 bridgehead atoms. The number of nitriles is 1. The number of pyridine rings is 1.